The van der Waals surface area contributed by atoms with Crippen LogP contribution in [0.5, 0.6) is 0 Å². The lowest BCUT2D eigenvalue weighted by Gasteiger charge is -2.13. The number of amides is 1. The molecule has 0 saturated heterocycles. The molecule has 0 aromatic heterocycles. The monoisotopic (exact) mass is 376 g/mol. The number of rotatable bonds is 8. The molecule has 1 unspecified atom stereocenters. The van der Waals surface area contributed by atoms with Crippen LogP contribution in [0.2, 0.25) is 0 Å². The first-order chi connectivity index (χ1) is 11.0. The minimum atomic E-state index is -3.69. The van der Waals surface area contributed by atoms with E-state index in [1.807, 2.05) is 6.92 Å². The SMILES string of the molecule is CCC(C)NC(=O)CS(=O)(=O)Cc1cccc(S(=O)(=O)N(C)C)c1. The maximum absolute atomic E-state index is 12.2. The summed E-state index contributed by atoms with van der Waals surface area (Å²) in [4.78, 5) is 11.8. The number of nitrogens with zero attached hydrogens (tertiary/aromatic N) is 1. The Morgan fingerprint density at radius 2 is 1.83 bits per heavy atom. The maximum Gasteiger partial charge on any atom is 0.242 e. The van der Waals surface area contributed by atoms with Gasteiger partial charge in [0.2, 0.25) is 15.9 Å². The molecule has 0 spiro atoms. The van der Waals surface area contributed by atoms with Gasteiger partial charge in [-0.15, -0.1) is 0 Å². The standard InChI is InChI=1S/C15H24N2O5S2/c1-5-12(2)16-15(18)11-23(19,20)10-13-7-6-8-14(9-13)24(21,22)17(3)4/h6-9,12H,5,10-11H2,1-4H3,(H,16,18). The molecule has 1 rings (SSSR count). The molecule has 1 aromatic carbocycles. The third kappa shape index (κ3) is 5.88. The summed E-state index contributed by atoms with van der Waals surface area (Å²) in [5, 5.41) is 2.60. The minimum Gasteiger partial charge on any atom is -0.353 e. The highest BCUT2D eigenvalue weighted by molar-refractivity contribution is 7.91. The van der Waals surface area contributed by atoms with E-state index in [1.165, 1.54) is 38.4 Å². The van der Waals surface area contributed by atoms with Gasteiger partial charge in [-0.05, 0) is 31.0 Å². The molecule has 0 heterocycles. The molecule has 9 heteroatoms. The van der Waals surface area contributed by atoms with E-state index in [1.54, 1.807) is 6.92 Å². The molecule has 0 aliphatic carbocycles. The first-order valence-electron chi connectivity index (χ1n) is 7.49. The van der Waals surface area contributed by atoms with Crippen LogP contribution in [0.25, 0.3) is 0 Å². The van der Waals surface area contributed by atoms with Gasteiger partial charge in [0, 0.05) is 20.1 Å². The Balaban J connectivity index is 2.91. The highest BCUT2D eigenvalue weighted by atomic mass is 32.2. The molecule has 7 nitrogen and oxygen atoms in total. The molecular weight excluding hydrogens is 352 g/mol. The minimum absolute atomic E-state index is 0.0178. The van der Waals surface area contributed by atoms with Crippen LogP contribution in [-0.4, -0.2) is 52.9 Å². The third-order valence-corrected chi connectivity index (χ3v) is 6.72. The third-order valence-electron chi connectivity index (χ3n) is 3.43. The van der Waals surface area contributed by atoms with E-state index in [-0.39, 0.29) is 10.9 Å². The zero-order valence-corrected chi connectivity index (χ0v) is 15.9. The number of sulfone groups is 1. The van der Waals surface area contributed by atoms with Crippen LogP contribution in [0.4, 0.5) is 0 Å². The van der Waals surface area contributed by atoms with Gasteiger partial charge in [0.25, 0.3) is 0 Å². The first kappa shape index (κ1) is 20.6. The topological polar surface area (TPSA) is 101 Å². The molecule has 0 aliphatic rings. The summed E-state index contributed by atoms with van der Waals surface area (Å²) < 4.78 is 49.6. The fourth-order valence-electron chi connectivity index (χ4n) is 1.93. The van der Waals surface area contributed by atoms with Crippen molar-refractivity contribution in [3.8, 4) is 0 Å². The van der Waals surface area contributed by atoms with Gasteiger partial charge in [-0.1, -0.05) is 19.1 Å². The number of carbonyl (C=O) groups is 1. The summed E-state index contributed by atoms with van der Waals surface area (Å²) >= 11 is 0. The molecular formula is C15H24N2O5S2. The lowest BCUT2D eigenvalue weighted by Crippen LogP contribution is -2.36. The van der Waals surface area contributed by atoms with Crippen LogP contribution in [0.1, 0.15) is 25.8 Å². The van der Waals surface area contributed by atoms with Gasteiger partial charge in [0.1, 0.15) is 5.75 Å². The molecule has 0 fully saturated rings. The number of hydrogen-bond donors (Lipinski definition) is 1. The van der Waals surface area contributed by atoms with E-state index in [2.05, 4.69) is 5.32 Å². The Labute approximate surface area is 144 Å². The average Bonchev–Trinajstić information content (AvgIpc) is 2.45. The molecule has 0 aliphatic heterocycles. The van der Waals surface area contributed by atoms with E-state index in [0.29, 0.717) is 12.0 Å². The molecule has 1 N–H and O–H groups in total. The van der Waals surface area contributed by atoms with Crippen LogP contribution >= 0.6 is 0 Å². The van der Waals surface area contributed by atoms with Gasteiger partial charge in [-0.25, -0.2) is 21.1 Å². The van der Waals surface area contributed by atoms with Crippen molar-refractivity contribution < 1.29 is 21.6 Å². The highest BCUT2D eigenvalue weighted by Crippen LogP contribution is 2.16. The van der Waals surface area contributed by atoms with E-state index in [0.717, 1.165) is 4.31 Å². The smallest absolute Gasteiger partial charge is 0.242 e. The lowest BCUT2D eigenvalue weighted by atomic mass is 10.2. The Morgan fingerprint density at radius 3 is 2.38 bits per heavy atom. The van der Waals surface area contributed by atoms with Gasteiger partial charge in [-0.3, -0.25) is 4.79 Å². The molecule has 0 saturated carbocycles. The van der Waals surface area contributed by atoms with E-state index < -0.39 is 37.3 Å². The second-order valence-corrected chi connectivity index (χ2v) is 10.1. The second-order valence-electron chi connectivity index (χ2n) is 5.84. The fourth-order valence-corrected chi connectivity index (χ4v) is 4.17. The zero-order chi connectivity index (χ0) is 18.5. The van der Waals surface area contributed by atoms with Crippen LogP contribution in [0, 0.1) is 0 Å². The number of hydrogen-bond acceptors (Lipinski definition) is 5. The predicted molar refractivity (Wildman–Crippen MR) is 92.7 cm³/mol. The Hall–Kier alpha value is -1.45. The molecule has 1 atom stereocenters. The fraction of sp³-hybridized carbons (Fsp3) is 0.533. The number of nitrogens with one attached hydrogen (secondary N) is 1. The Bertz CT molecular complexity index is 786. The van der Waals surface area contributed by atoms with Crippen LogP contribution < -0.4 is 5.32 Å². The molecule has 136 valence electrons. The molecule has 1 aromatic rings. The maximum atomic E-state index is 12.2. The number of benzene rings is 1. The van der Waals surface area contributed by atoms with Crippen molar-refractivity contribution >= 4 is 25.8 Å². The Morgan fingerprint density at radius 1 is 1.21 bits per heavy atom. The van der Waals surface area contributed by atoms with Crippen molar-refractivity contribution in [3.63, 3.8) is 0 Å². The highest BCUT2D eigenvalue weighted by Gasteiger charge is 2.21. The molecule has 0 radical (unpaired) electrons. The van der Waals surface area contributed by atoms with Gasteiger partial charge in [0.15, 0.2) is 9.84 Å². The van der Waals surface area contributed by atoms with Crippen molar-refractivity contribution in [1.82, 2.24) is 9.62 Å². The second kappa shape index (κ2) is 8.09. The molecule has 0 bridgehead atoms. The normalized spacial score (nSPS) is 13.7. The van der Waals surface area contributed by atoms with E-state index >= 15 is 0 Å². The summed E-state index contributed by atoms with van der Waals surface area (Å²) in [5.74, 6) is -1.57. The van der Waals surface area contributed by atoms with Crippen LogP contribution in [0.15, 0.2) is 29.2 Å². The molecule has 24 heavy (non-hydrogen) atoms. The Kier molecular flexibility index (Phi) is 6.94. The predicted octanol–water partition coefficient (Wildman–Crippen LogP) is 0.766. The summed E-state index contributed by atoms with van der Waals surface area (Å²) in [6, 6.07) is 5.64. The van der Waals surface area contributed by atoms with Gasteiger partial charge in [0.05, 0.1) is 10.6 Å². The number of carbonyl (C=O) groups excluding carboxylic acids is 1. The summed E-state index contributed by atoms with van der Waals surface area (Å²) in [5.41, 5.74) is 0.328. The van der Waals surface area contributed by atoms with Crippen molar-refractivity contribution in [2.24, 2.45) is 0 Å². The van der Waals surface area contributed by atoms with Crippen molar-refractivity contribution in [3.05, 3.63) is 29.8 Å². The number of sulfonamides is 1. The van der Waals surface area contributed by atoms with E-state index in [4.69, 9.17) is 0 Å². The first-order valence-corrected chi connectivity index (χ1v) is 10.8. The largest absolute Gasteiger partial charge is 0.353 e. The van der Waals surface area contributed by atoms with Gasteiger partial charge >= 0.3 is 0 Å². The van der Waals surface area contributed by atoms with Crippen molar-refractivity contribution in [1.29, 1.82) is 0 Å². The quantitative estimate of drug-likeness (QED) is 0.722. The van der Waals surface area contributed by atoms with E-state index in [9.17, 15) is 21.6 Å². The van der Waals surface area contributed by atoms with Gasteiger partial charge < -0.3 is 5.32 Å². The summed E-state index contributed by atoms with van der Waals surface area (Å²) in [7, 11) is -4.53. The summed E-state index contributed by atoms with van der Waals surface area (Å²) in [6.07, 6.45) is 0.705. The van der Waals surface area contributed by atoms with Gasteiger partial charge in [-0.2, -0.15) is 0 Å². The van der Waals surface area contributed by atoms with Crippen molar-refractivity contribution in [2.75, 3.05) is 19.8 Å². The zero-order valence-electron chi connectivity index (χ0n) is 14.3. The lowest BCUT2D eigenvalue weighted by molar-refractivity contribution is -0.119. The molecule has 1 amide bonds. The van der Waals surface area contributed by atoms with Crippen LogP contribution in [-0.2, 0) is 30.4 Å². The van der Waals surface area contributed by atoms with Crippen molar-refractivity contribution in [2.45, 2.75) is 37.0 Å². The average molecular weight is 377 g/mol. The van der Waals surface area contributed by atoms with Crippen LogP contribution in [0.3, 0.4) is 0 Å². The summed E-state index contributed by atoms with van der Waals surface area (Å²) in [6.45, 7) is 3.68.